The van der Waals surface area contributed by atoms with Crippen molar-refractivity contribution in [2.45, 2.75) is 25.7 Å². The number of hydrogen-bond acceptors (Lipinski definition) is 5. The highest BCUT2D eigenvalue weighted by atomic mass is 32.2. The number of carbonyl (C=O) groups is 1. The molecule has 0 radical (unpaired) electrons. The highest BCUT2D eigenvalue weighted by molar-refractivity contribution is 7.93. The number of anilines is 1. The van der Waals surface area contributed by atoms with E-state index in [1.165, 1.54) is 0 Å². The van der Waals surface area contributed by atoms with Gasteiger partial charge in [0.2, 0.25) is 0 Å². The van der Waals surface area contributed by atoms with Crippen molar-refractivity contribution in [3.05, 3.63) is 69.9 Å². The summed E-state index contributed by atoms with van der Waals surface area (Å²) in [6, 6.07) is 14.6. The molecule has 7 heteroatoms. The minimum Gasteiger partial charge on any atom is -0.462 e. The molecule has 0 saturated heterocycles. The fourth-order valence-corrected chi connectivity index (χ4v) is 5.72. The average molecular weight is 416 g/mol. The molecule has 1 heterocycles. The van der Waals surface area contributed by atoms with Gasteiger partial charge in [-0.1, -0.05) is 48.0 Å². The lowest BCUT2D eigenvalue weighted by molar-refractivity contribution is 0.0528. The minimum atomic E-state index is -4.02. The number of rotatable bonds is 6. The predicted molar refractivity (Wildman–Crippen MR) is 112 cm³/mol. The summed E-state index contributed by atoms with van der Waals surface area (Å²) in [7, 11) is -4.02. The van der Waals surface area contributed by atoms with E-state index in [4.69, 9.17) is 4.74 Å². The van der Waals surface area contributed by atoms with Crippen LogP contribution in [-0.2, 0) is 14.8 Å². The predicted octanol–water partition coefficient (Wildman–Crippen LogP) is 5.01. The van der Waals surface area contributed by atoms with Crippen molar-refractivity contribution in [3.63, 3.8) is 0 Å². The second kappa shape index (κ2) is 8.16. The topological polar surface area (TPSA) is 72.5 Å². The van der Waals surface area contributed by atoms with Crippen LogP contribution in [0.4, 0.5) is 5.69 Å². The lowest BCUT2D eigenvalue weighted by atomic mass is 10.1. The highest BCUT2D eigenvalue weighted by Crippen LogP contribution is 2.37. The summed E-state index contributed by atoms with van der Waals surface area (Å²) in [5.74, 6) is -0.643. The van der Waals surface area contributed by atoms with Gasteiger partial charge in [0.1, 0.15) is 9.77 Å². The Hall–Kier alpha value is -2.64. The van der Waals surface area contributed by atoms with Crippen LogP contribution in [0.3, 0.4) is 0 Å². The van der Waals surface area contributed by atoms with Crippen LogP contribution in [-0.4, -0.2) is 21.0 Å². The van der Waals surface area contributed by atoms with Gasteiger partial charge in [0.15, 0.2) is 0 Å². The molecule has 146 valence electrons. The number of benzene rings is 2. The molecule has 0 unspecified atom stereocenters. The van der Waals surface area contributed by atoms with Gasteiger partial charge in [-0.25, -0.2) is 13.2 Å². The molecule has 2 aromatic carbocycles. The third-order valence-electron chi connectivity index (χ3n) is 4.19. The molecule has 5 nitrogen and oxygen atoms in total. The van der Waals surface area contributed by atoms with E-state index in [1.54, 1.807) is 18.4 Å². The molecule has 0 saturated carbocycles. The molecule has 3 rings (SSSR count). The first-order chi connectivity index (χ1) is 13.3. The third-order valence-corrected chi connectivity index (χ3v) is 6.73. The Bertz CT molecular complexity index is 1100. The molecule has 0 bridgehead atoms. The van der Waals surface area contributed by atoms with Gasteiger partial charge < -0.3 is 4.74 Å². The van der Waals surface area contributed by atoms with Gasteiger partial charge in [-0.2, -0.15) is 0 Å². The Kier molecular flexibility index (Phi) is 5.86. The maximum atomic E-state index is 13.3. The quantitative estimate of drug-likeness (QED) is 0.575. The summed E-state index contributed by atoms with van der Waals surface area (Å²) in [4.78, 5) is 12.4. The van der Waals surface area contributed by atoms with Gasteiger partial charge in [0.05, 0.1) is 12.3 Å². The number of ether oxygens (including phenoxy) is 1. The van der Waals surface area contributed by atoms with E-state index in [-0.39, 0.29) is 16.4 Å². The molecule has 28 heavy (non-hydrogen) atoms. The fraction of sp³-hybridized carbons (Fsp3) is 0.190. The van der Waals surface area contributed by atoms with Crippen molar-refractivity contribution in [1.82, 2.24) is 0 Å². The standard InChI is InChI=1S/C21H21NO4S2/c1-4-26-21(23)19-20(17(13-27-19)16-8-6-5-7-9-16)28(24,25)22-18-11-10-14(2)12-15(18)3/h5-13,22H,4H2,1-3H3. The van der Waals surface area contributed by atoms with Gasteiger partial charge in [-0.05, 0) is 38.0 Å². The van der Waals surface area contributed by atoms with Gasteiger partial charge in [-0.15, -0.1) is 11.3 Å². The summed E-state index contributed by atoms with van der Waals surface area (Å²) in [5.41, 5.74) is 3.51. The summed E-state index contributed by atoms with van der Waals surface area (Å²) in [6.45, 7) is 5.63. The minimum absolute atomic E-state index is 0.0536. The van der Waals surface area contributed by atoms with E-state index in [0.717, 1.165) is 28.0 Å². The average Bonchev–Trinajstić information content (AvgIpc) is 3.11. The van der Waals surface area contributed by atoms with E-state index in [0.29, 0.717) is 11.3 Å². The number of hydrogen-bond donors (Lipinski definition) is 1. The highest BCUT2D eigenvalue weighted by Gasteiger charge is 2.30. The normalized spacial score (nSPS) is 11.2. The molecule has 0 amide bonds. The molecule has 1 N–H and O–H groups in total. The molecular formula is C21H21NO4S2. The van der Waals surface area contributed by atoms with Crippen LogP contribution in [0.2, 0.25) is 0 Å². The van der Waals surface area contributed by atoms with Gasteiger partial charge >= 0.3 is 5.97 Å². The Morgan fingerprint density at radius 2 is 1.82 bits per heavy atom. The van der Waals surface area contributed by atoms with Crippen molar-refractivity contribution >= 4 is 33.0 Å². The second-order valence-corrected chi connectivity index (χ2v) is 8.82. The zero-order chi connectivity index (χ0) is 20.3. The molecule has 0 spiro atoms. The van der Waals surface area contributed by atoms with Crippen LogP contribution in [0.15, 0.2) is 58.8 Å². The van der Waals surface area contributed by atoms with Crippen molar-refractivity contribution < 1.29 is 17.9 Å². The van der Waals surface area contributed by atoms with E-state index in [1.807, 2.05) is 56.3 Å². The number of thiophene rings is 1. The molecule has 3 aromatic rings. The number of carbonyl (C=O) groups excluding carboxylic acids is 1. The monoisotopic (exact) mass is 415 g/mol. The first-order valence-electron chi connectivity index (χ1n) is 8.77. The maximum Gasteiger partial charge on any atom is 0.349 e. The lowest BCUT2D eigenvalue weighted by Gasteiger charge is -2.13. The SMILES string of the molecule is CCOC(=O)c1scc(-c2ccccc2)c1S(=O)(=O)Nc1ccc(C)cc1C. The van der Waals surface area contributed by atoms with Crippen LogP contribution in [0.5, 0.6) is 0 Å². The Labute approximate surface area is 169 Å². The molecule has 0 aliphatic carbocycles. The van der Waals surface area contributed by atoms with Crippen LogP contribution in [0.1, 0.15) is 27.7 Å². The molecule has 0 atom stereocenters. The summed E-state index contributed by atoms with van der Waals surface area (Å²) in [5, 5.41) is 1.68. The van der Waals surface area contributed by atoms with Gasteiger partial charge in [-0.3, -0.25) is 4.72 Å². The summed E-state index contributed by atoms with van der Waals surface area (Å²) in [6.07, 6.45) is 0. The zero-order valence-electron chi connectivity index (χ0n) is 15.9. The van der Waals surface area contributed by atoms with E-state index >= 15 is 0 Å². The molecule has 1 aromatic heterocycles. The molecule has 0 fully saturated rings. The first-order valence-corrected chi connectivity index (χ1v) is 11.1. The van der Waals surface area contributed by atoms with Crippen molar-refractivity contribution in [1.29, 1.82) is 0 Å². The Morgan fingerprint density at radius 3 is 2.46 bits per heavy atom. The van der Waals surface area contributed by atoms with Gasteiger partial charge in [0, 0.05) is 10.9 Å². The van der Waals surface area contributed by atoms with Crippen molar-refractivity contribution in [2.24, 2.45) is 0 Å². The lowest BCUT2D eigenvalue weighted by Crippen LogP contribution is -2.17. The van der Waals surface area contributed by atoms with Gasteiger partial charge in [0.25, 0.3) is 10.0 Å². The summed E-state index contributed by atoms with van der Waals surface area (Å²) >= 11 is 1.07. The molecular weight excluding hydrogens is 394 g/mol. The smallest absolute Gasteiger partial charge is 0.349 e. The Morgan fingerprint density at radius 1 is 1.11 bits per heavy atom. The number of aryl methyl sites for hydroxylation is 2. The third kappa shape index (κ3) is 4.10. The van der Waals surface area contributed by atoms with Crippen molar-refractivity contribution in [2.75, 3.05) is 11.3 Å². The Balaban J connectivity index is 2.14. The molecule has 0 aliphatic heterocycles. The zero-order valence-corrected chi connectivity index (χ0v) is 17.5. The number of nitrogens with one attached hydrogen (secondary N) is 1. The van der Waals surface area contributed by atoms with Crippen LogP contribution in [0, 0.1) is 13.8 Å². The molecule has 0 aliphatic rings. The maximum absolute atomic E-state index is 13.3. The fourth-order valence-electron chi connectivity index (χ4n) is 2.89. The second-order valence-electron chi connectivity index (χ2n) is 6.32. The van der Waals surface area contributed by atoms with Crippen LogP contribution in [0.25, 0.3) is 11.1 Å². The van der Waals surface area contributed by atoms with Crippen LogP contribution < -0.4 is 4.72 Å². The first kappa shape index (κ1) is 20.1. The van der Waals surface area contributed by atoms with E-state index in [9.17, 15) is 13.2 Å². The van der Waals surface area contributed by atoms with Crippen molar-refractivity contribution in [3.8, 4) is 11.1 Å². The number of sulfonamides is 1. The van der Waals surface area contributed by atoms with E-state index < -0.39 is 16.0 Å². The number of esters is 1. The van der Waals surface area contributed by atoms with E-state index in [2.05, 4.69) is 4.72 Å². The van der Waals surface area contributed by atoms with Crippen LogP contribution >= 0.6 is 11.3 Å². The largest absolute Gasteiger partial charge is 0.462 e. The summed E-state index contributed by atoms with van der Waals surface area (Å²) < 4.78 is 34.3.